The minimum absolute atomic E-state index is 0.00810. The van der Waals surface area contributed by atoms with E-state index < -0.39 is 151 Å². The Morgan fingerprint density at radius 1 is 0.513 bits per heavy atom. The number of nitrogens with two attached hydrogens (primary N) is 1. The number of thioether (sulfide) groups is 1. The number of benzene rings is 2. The number of aliphatic carboxylic acids is 2. The van der Waals surface area contributed by atoms with Crippen LogP contribution in [0.3, 0.4) is 0 Å². The van der Waals surface area contributed by atoms with Crippen molar-refractivity contribution in [3.63, 3.8) is 0 Å². The number of carboxylic acids is 2. The van der Waals surface area contributed by atoms with Crippen LogP contribution in [0, 0.1) is 11.8 Å². The van der Waals surface area contributed by atoms with Crippen molar-refractivity contribution < 1.29 is 67.7 Å². The highest BCUT2D eigenvalue weighted by Gasteiger charge is 2.34. The quantitative estimate of drug-likeness (QED) is 0.0369. The molecule has 0 aliphatic rings. The molecule has 26 heteroatoms. The molecule has 0 aliphatic carbocycles. The van der Waals surface area contributed by atoms with Crippen LogP contribution in [-0.4, -0.2) is 161 Å². The van der Waals surface area contributed by atoms with Gasteiger partial charge in [-0.3, -0.25) is 52.7 Å². The third-order valence-corrected chi connectivity index (χ3v) is 12.7. The first kappa shape index (κ1) is 66.5. The lowest BCUT2D eigenvalue weighted by Gasteiger charge is -2.28. The SMILES string of the molecule is CC[C@H](C)[C@H](NC(=O)[C@H](Cc1ccccc1)NC(=O)CNC(=O)[C@H](C)NC(=O)[C@H](CCSC)NC(=O)[C@H](C)NC(=O)CNC(=O)[C@H](Cc1ccccc1)NC(=O)[C@H](CC(C)C)NC(=O)CN)C(=O)N[C@@H](CCC(=O)O)C(=O)O. The maximum Gasteiger partial charge on any atom is 0.326 e. The second kappa shape index (κ2) is 34.9. The van der Waals surface area contributed by atoms with E-state index in [0.717, 1.165) is 0 Å². The molecule has 9 atom stereocenters. The maximum atomic E-state index is 13.8. The van der Waals surface area contributed by atoms with Crippen molar-refractivity contribution >= 4 is 82.8 Å². The number of hydrogen-bond donors (Lipinski definition) is 13. The van der Waals surface area contributed by atoms with Crippen LogP contribution in [0.5, 0.6) is 0 Å². The van der Waals surface area contributed by atoms with Crippen LogP contribution in [-0.2, 0) is 70.4 Å². The number of nitrogens with one attached hydrogen (secondary N) is 10. The van der Waals surface area contributed by atoms with Crippen LogP contribution in [0.25, 0.3) is 0 Å². The molecule has 0 radical (unpaired) electrons. The zero-order chi connectivity index (χ0) is 58.5. The molecular weight excluding hydrogens is 1030 g/mol. The van der Waals surface area contributed by atoms with Crippen molar-refractivity contribution in [2.45, 2.75) is 135 Å². The van der Waals surface area contributed by atoms with Gasteiger partial charge in [0, 0.05) is 19.3 Å². The molecule has 0 fully saturated rings. The molecule has 2 aromatic rings. The van der Waals surface area contributed by atoms with E-state index in [1.807, 2.05) is 13.8 Å². The molecule has 14 N–H and O–H groups in total. The standard InChI is InChI=1S/C52H77N11O14S/c1-8-30(4)44(51(75)61-36(52(76)77)19-20-43(67)68)63-50(74)39(25-34-17-13-10-14-18-34)59-42(66)28-54-45(69)31(5)57-48(72)35(21-22-78-7)60-46(70)32(6)56-41(65)27-55-47(71)38(24-33-15-11-9-12-16-33)62-49(73)37(23-29(2)3)58-40(64)26-53/h9-18,29-32,35-39,44H,8,19-28,53H2,1-7H3,(H,54,69)(H,55,71)(H,56,65)(H,57,72)(H,58,64)(H,59,66)(H,60,70)(H,61,75)(H,62,73)(H,63,74)(H,67,68)(H,76,77)/t30-,31-,32-,35-,36-,37-,38-,39-,44-/m0/s1. The summed E-state index contributed by atoms with van der Waals surface area (Å²) in [5, 5.41) is 43.8. The van der Waals surface area contributed by atoms with E-state index in [2.05, 4.69) is 53.2 Å². The van der Waals surface area contributed by atoms with Gasteiger partial charge in [0.1, 0.15) is 48.3 Å². The Hall–Kier alpha value is -7.61. The van der Waals surface area contributed by atoms with E-state index in [9.17, 15) is 62.6 Å². The number of carbonyl (C=O) groups excluding carboxylic acids is 10. The summed E-state index contributed by atoms with van der Waals surface area (Å²) in [4.78, 5) is 156. The fourth-order valence-corrected chi connectivity index (χ4v) is 7.96. The summed E-state index contributed by atoms with van der Waals surface area (Å²) in [6, 6.07) is 7.29. The average molecular weight is 1110 g/mol. The van der Waals surface area contributed by atoms with Gasteiger partial charge >= 0.3 is 11.9 Å². The second-order valence-corrected chi connectivity index (χ2v) is 20.0. The van der Waals surface area contributed by atoms with Gasteiger partial charge in [-0.05, 0) is 68.1 Å². The van der Waals surface area contributed by atoms with Crippen molar-refractivity contribution in [3.8, 4) is 0 Å². The van der Waals surface area contributed by atoms with Gasteiger partial charge in [-0.1, -0.05) is 94.8 Å². The van der Waals surface area contributed by atoms with Crippen LogP contribution in [0.15, 0.2) is 60.7 Å². The summed E-state index contributed by atoms with van der Waals surface area (Å²) in [5.74, 6) is -10.5. The molecule has 0 spiro atoms. The molecule has 0 bridgehead atoms. The number of rotatable bonds is 35. The third kappa shape index (κ3) is 25.0. The zero-order valence-corrected chi connectivity index (χ0v) is 45.9. The van der Waals surface area contributed by atoms with E-state index in [1.54, 1.807) is 80.8 Å². The van der Waals surface area contributed by atoms with Crippen molar-refractivity contribution in [3.05, 3.63) is 71.8 Å². The average Bonchev–Trinajstić information content (AvgIpc) is 3.40. The molecule has 2 aromatic carbocycles. The Kier molecular flexibility index (Phi) is 29.8. The fourth-order valence-electron chi connectivity index (χ4n) is 7.48. The molecule has 0 unspecified atom stereocenters. The van der Waals surface area contributed by atoms with E-state index >= 15 is 0 Å². The van der Waals surface area contributed by atoms with E-state index in [4.69, 9.17) is 10.8 Å². The third-order valence-electron chi connectivity index (χ3n) is 12.1. The normalized spacial score (nSPS) is 14.4. The summed E-state index contributed by atoms with van der Waals surface area (Å²) in [6.45, 7) is 8.14. The molecule has 0 saturated carbocycles. The highest BCUT2D eigenvalue weighted by atomic mass is 32.2. The Balaban J connectivity index is 2.09. The zero-order valence-electron chi connectivity index (χ0n) is 45.1. The molecule has 0 aliphatic heterocycles. The van der Waals surface area contributed by atoms with Crippen LogP contribution >= 0.6 is 11.8 Å². The number of amides is 10. The predicted octanol–water partition coefficient (Wildman–Crippen LogP) is -1.62. The Bertz CT molecular complexity index is 2360. The monoisotopic (exact) mass is 1110 g/mol. The minimum Gasteiger partial charge on any atom is -0.481 e. The molecule has 0 saturated heterocycles. The van der Waals surface area contributed by atoms with Crippen molar-refractivity contribution in [1.82, 2.24) is 53.2 Å². The summed E-state index contributed by atoms with van der Waals surface area (Å²) >= 11 is 1.37. The topological polar surface area (TPSA) is 392 Å². The molecule has 430 valence electrons. The number of hydrogen-bond acceptors (Lipinski definition) is 14. The lowest BCUT2D eigenvalue weighted by Crippen LogP contribution is -2.59. The second-order valence-electron chi connectivity index (χ2n) is 19.0. The summed E-state index contributed by atoms with van der Waals surface area (Å²) in [5.41, 5.74) is 6.76. The van der Waals surface area contributed by atoms with E-state index in [0.29, 0.717) is 23.3 Å². The fraction of sp³-hybridized carbons (Fsp3) is 0.538. The van der Waals surface area contributed by atoms with Crippen LogP contribution in [0.1, 0.15) is 84.8 Å². The molecule has 0 aromatic heterocycles. The first-order valence-corrected chi connectivity index (χ1v) is 26.9. The lowest BCUT2D eigenvalue weighted by molar-refractivity contribution is -0.144. The summed E-state index contributed by atoms with van der Waals surface area (Å²) in [6.07, 6.45) is 1.50. The van der Waals surface area contributed by atoms with Crippen LogP contribution in [0.4, 0.5) is 0 Å². The van der Waals surface area contributed by atoms with Gasteiger partial charge in [-0.15, -0.1) is 0 Å². The Morgan fingerprint density at radius 3 is 1.50 bits per heavy atom. The van der Waals surface area contributed by atoms with Crippen LogP contribution in [0.2, 0.25) is 0 Å². The van der Waals surface area contributed by atoms with Gasteiger partial charge in [0.05, 0.1) is 19.6 Å². The summed E-state index contributed by atoms with van der Waals surface area (Å²) < 4.78 is 0. The van der Waals surface area contributed by atoms with Crippen molar-refractivity contribution in [2.75, 3.05) is 31.6 Å². The predicted molar refractivity (Wildman–Crippen MR) is 289 cm³/mol. The minimum atomic E-state index is -1.56. The van der Waals surface area contributed by atoms with Gasteiger partial charge < -0.3 is 69.1 Å². The Morgan fingerprint density at radius 2 is 0.987 bits per heavy atom. The molecule has 25 nitrogen and oxygen atoms in total. The maximum absolute atomic E-state index is 13.8. The van der Waals surface area contributed by atoms with Gasteiger partial charge in [0.15, 0.2) is 0 Å². The molecule has 0 heterocycles. The number of carboxylic acid groups (broad SMARTS) is 2. The largest absolute Gasteiger partial charge is 0.481 e. The van der Waals surface area contributed by atoms with Crippen molar-refractivity contribution in [2.24, 2.45) is 17.6 Å². The Labute approximate surface area is 458 Å². The molecule has 2 rings (SSSR count). The van der Waals surface area contributed by atoms with E-state index in [1.165, 1.54) is 25.6 Å². The molecular formula is C52H77N11O14S. The molecule has 78 heavy (non-hydrogen) atoms. The first-order chi connectivity index (χ1) is 36.9. The van der Waals surface area contributed by atoms with Crippen molar-refractivity contribution in [1.29, 1.82) is 0 Å². The molecule has 10 amide bonds. The van der Waals surface area contributed by atoms with Gasteiger partial charge in [0.25, 0.3) is 0 Å². The lowest BCUT2D eigenvalue weighted by atomic mass is 9.96. The van der Waals surface area contributed by atoms with Gasteiger partial charge in [-0.2, -0.15) is 11.8 Å². The number of carbonyl (C=O) groups is 12. The highest BCUT2D eigenvalue weighted by Crippen LogP contribution is 2.13. The highest BCUT2D eigenvalue weighted by molar-refractivity contribution is 7.98. The smallest absolute Gasteiger partial charge is 0.326 e. The van der Waals surface area contributed by atoms with Gasteiger partial charge in [-0.25, -0.2) is 4.79 Å². The van der Waals surface area contributed by atoms with Gasteiger partial charge in [0.2, 0.25) is 59.1 Å². The first-order valence-electron chi connectivity index (χ1n) is 25.6. The van der Waals surface area contributed by atoms with E-state index in [-0.39, 0.29) is 38.1 Å². The van der Waals surface area contributed by atoms with Crippen LogP contribution < -0.4 is 58.9 Å². The summed E-state index contributed by atoms with van der Waals surface area (Å²) in [7, 11) is 0.